The van der Waals surface area contributed by atoms with E-state index in [2.05, 4.69) is 30.3 Å². The van der Waals surface area contributed by atoms with Crippen LogP contribution >= 0.6 is 0 Å². The van der Waals surface area contributed by atoms with Gasteiger partial charge in [-0.05, 0) is 44.5 Å². The number of benzene rings is 1. The zero-order chi connectivity index (χ0) is 18.8. The maximum Gasteiger partial charge on any atom is 0.323 e. The molecular formula is C18H22N6O3. The molecule has 3 heterocycles. The normalized spacial score (nSPS) is 18.0. The SMILES string of the molecule is Cc1noc([C@H]2CCCCN2CCC(=O)Nc2ccc3[nH]c(=O)[nH]c3c2)n1. The summed E-state index contributed by atoms with van der Waals surface area (Å²) in [5.41, 5.74) is 1.77. The molecule has 1 aromatic carbocycles. The van der Waals surface area contributed by atoms with Gasteiger partial charge in [0.25, 0.3) is 0 Å². The number of rotatable bonds is 5. The molecule has 1 saturated heterocycles. The Balaban J connectivity index is 1.37. The van der Waals surface area contributed by atoms with Crippen LogP contribution in [0.4, 0.5) is 5.69 Å². The highest BCUT2D eigenvalue weighted by molar-refractivity contribution is 5.93. The number of piperidine rings is 1. The Kier molecular flexibility index (Phi) is 4.76. The molecule has 3 N–H and O–H groups in total. The number of aryl methyl sites for hydroxylation is 1. The third-order valence-corrected chi connectivity index (χ3v) is 4.87. The monoisotopic (exact) mass is 370 g/mol. The number of imidazole rings is 1. The van der Waals surface area contributed by atoms with Crippen molar-refractivity contribution in [3.05, 3.63) is 40.4 Å². The topological polar surface area (TPSA) is 120 Å². The molecule has 4 rings (SSSR count). The van der Waals surface area contributed by atoms with E-state index >= 15 is 0 Å². The third-order valence-electron chi connectivity index (χ3n) is 4.87. The van der Waals surface area contributed by atoms with E-state index in [-0.39, 0.29) is 17.6 Å². The largest absolute Gasteiger partial charge is 0.338 e. The first-order valence-corrected chi connectivity index (χ1v) is 9.14. The van der Waals surface area contributed by atoms with Gasteiger partial charge in [-0.25, -0.2) is 4.79 Å². The molecule has 0 aliphatic carbocycles. The standard InChI is InChI=1S/C18H22N6O3/c1-11-19-17(27-23-11)15-4-2-3-8-24(15)9-7-16(25)20-12-5-6-13-14(10-12)22-18(26)21-13/h5-6,10,15H,2-4,7-9H2,1H3,(H,20,25)(H2,21,22,26)/t15-/m1/s1. The van der Waals surface area contributed by atoms with Crippen LogP contribution in [0, 0.1) is 6.92 Å². The maximum atomic E-state index is 12.4. The lowest BCUT2D eigenvalue weighted by Gasteiger charge is -2.33. The number of hydrogen-bond donors (Lipinski definition) is 3. The Morgan fingerprint density at radius 2 is 2.19 bits per heavy atom. The average molecular weight is 370 g/mol. The first-order chi connectivity index (χ1) is 13.1. The number of amides is 1. The van der Waals surface area contributed by atoms with Crippen LogP contribution in [0.3, 0.4) is 0 Å². The molecule has 9 heteroatoms. The van der Waals surface area contributed by atoms with Crippen LogP contribution < -0.4 is 11.0 Å². The second-order valence-corrected chi connectivity index (χ2v) is 6.87. The molecule has 0 saturated carbocycles. The van der Waals surface area contributed by atoms with Gasteiger partial charge in [0.05, 0.1) is 17.1 Å². The summed E-state index contributed by atoms with van der Waals surface area (Å²) in [7, 11) is 0. The van der Waals surface area contributed by atoms with E-state index in [0.29, 0.717) is 41.4 Å². The first-order valence-electron chi connectivity index (χ1n) is 9.14. The number of likely N-dealkylation sites (tertiary alicyclic amines) is 1. The molecule has 2 aromatic heterocycles. The lowest BCUT2D eigenvalue weighted by molar-refractivity contribution is -0.116. The highest BCUT2D eigenvalue weighted by Gasteiger charge is 2.28. The number of H-pyrrole nitrogens is 2. The molecular weight excluding hydrogens is 348 g/mol. The fourth-order valence-electron chi connectivity index (χ4n) is 3.57. The van der Waals surface area contributed by atoms with Crippen LogP contribution in [0.2, 0.25) is 0 Å². The summed E-state index contributed by atoms with van der Waals surface area (Å²) in [4.78, 5) is 35.7. The summed E-state index contributed by atoms with van der Waals surface area (Å²) in [5.74, 6) is 1.19. The summed E-state index contributed by atoms with van der Waals surface area (Å²) in [5, 5.41) is 6.77. The van der Waals surface area contributed by atoms with Crippen molar-refractivity contribution in [3.63, 3.8) is 0 Å². The van der Waals surface area contributed by atoms with Gasteiger partial charge in [-0.2, -0.15) is 4.98 Å². The van der Waals surface area contributed by atoms with Gasteiger partial charge in [0, 0.05) is 18.7 Å². The number of aromatic amines is 2. The average Bonchev–Trinajstić information content (AvgIpc) is 3.24. The van der Waals surface area contributed by atoms with Crippen molar-refractivity contribution in [1.29, 1.82) is 0 Å². The molecule has 142 valence electrons. The second-order valence-electron chi connectivity index (χ2n) is 6.87. The van der Waals surface area contributed by atoms with Gasteiger partial charge in [-0.3, -0.25) is 9.69 Å². The van der Waals surface area contributed by atoms with Crippen molar-refractivity contribution >= 4 is 22.6 Å². The van der Waals surface area contributed by atoms with E-state index in [1.54, 1.807) is 18.2 Å². The molecule has 1 atom stereocenters. The van der Waals surface area contributed by atoms with E-state index in [4.69, 9.17) is 4.52 Å². The Bertz CT molecular complexity index is 1000. The van der Waals surface area contributed by atoms with Crippen molar-refractivity contribution in [2.75, 3.05) is 18.4 Å². The number of carbonyl (C=O) groups is 1. The van der Waals surface area contributed by atoms with E-state index in [1.807, 2.05) is 6.92 Å². The van der Waals surface area contributed by atoms with E-state index in [0.717, 1.165) is 25.8 Å². The molecule has 1 aliphatic heterocycles. The molecule has 1 aliphatic rings. The van der Waals surface area contributed by atoms with Crippen LogP contribution in [0.5, 0.6) is 0 Å². The van der Waals surface area contributed by atoms with Crippen LogP contribution in [0.15, 0.2) is 27.5 Å². The summed E-state index contributed by atoms with van der Waals surface area (Å²) in [6, 6.07) is 5.36. The van der Waals surface area contributed by atoms with Crippen LogP contribution in [0.25, 0.3) is 11.0 Å². The minimum atomic E-state index is -0.263. The zero-order valence-corrected chi connectivity index (χ0v) is 15.1. The van der Waals surface area contributed by atoms with Gasteiger partial charge in [0.2, 0.25) is 11.8 Å². The van der Waals surface area contributed by atoms with Gasteiger partial charge in [0.1, 0.15) is 0 Å². The first kappa shape index (κ1) is 17.5. The van der Waals surface area contributed by atoms with E-state index in [1.165, 1.54) is 0 Å². The molecule has 0 bridgehead atoms. The maximum absolute atomic E-state index is 12.4. The Morgan fingerprint density at radius 3 is 3.00 bits per heavy atom. The number of fused-ring (bicyclic) bond motifs is 1. The summed E-state index contributed by atoms with van der Waals surface area (Å²) in [6.45, 7) is 3.35. The Morgan fingerprint density at radius 1 is 1.33 bits per heavy atom. The molecule has 0 radical (unpaired) electrons. The minimum Gasteiger partial charge on any atom is -0.338 e. The zero-order valence-electron chi connectivity index (χ0n) is 15.1. The summed E-state index contributed by atoms with van der Waals surface area (Å²) < 4.78 is 5.34. The fourth-order valence-corrected chi connectivity index (χ4v) is 3.57. The number of nitrogens with zero attached hydrogens (tertiary/aromatic N) is 3. The number of nitrogens with one attached hydrogen (secondary N) is 3. The molecule has 1 fully saturated rings. The van der Waals surface area contributed by atoms with Crippen LogP contribution in [0.1, 0.15) is 43.4 Å². The lowest BCUT2D eigenvalue weighted by Crippen LogP contribution is -2.35. The Labute approximate surface area is 155 Å². The molecule has 1 amide bonds. The van der Waals surface area contributed by atoms with Gasteiger partial charge >= 0.3 is 5.69 Å². The number of aromatic nitrogens is 4. The number of anilines is 1. The highest BCUT2D eigenvalue weighted by atomic mass is 16.5. The highest BCUT2D eigenvalue weighted by Crippen LogP contribution is 2.29. The van der Waals surface area contributed by atoms with Crippen molar-refractivity contribution in [3.8, 4) is 0 Å². The molecule has 0 unspecified atom stereocenters. The third kappa shape index (κ3) is 3.92. The van der Waals surface area contributed by atoms with Crippen molar-refractivity contribution in [2.45, 2.75) is 38.6 Å². The molecule has 9 nitrogen and oxygen atoms in total. The lowest BCUT2D eigenvalue weighted by atomic mass is 10.0. The van der Waals surface area contributed by atoms with E-state index in [9.17, 15) is 9.59 Å². The van der Waals surface area contributed by atoms with E-state index < -0.39 is 0 Å². The van der Waals surface area contributed by atoms with Crippen LogP contribution in [-0.2, 0) is 4.79 Å². The quantitative estimate of drug-likeness (QED) is 0.633. The Hall–Kier alpha value is -2.94. The molecule has 0 spiro atoms. The predicted molar refractivity (Wildman–Crippen MR) is 99.4 cm³/mol. The van der Waals surface area contributed by atoms with Gasteiger partial charge in [-0.15, -0.1) is 0 Å². The smallest absolute Gasteiger partial charge is 0.323 e. The van der Waals surface area contributed by atoms with Gasteiger partial charge in [0.15, 0.2) is 5.82 Å². The minimum absolute atomic E-state index is 0.0711. The van der Waals surface area contributed by atoms with Crippen molar-refractivity contribution < 1.29 is 9.32 Å². The fraction of sp³-hybridized carbons (Fsp3) is 0.444. The van der Waals surface area contributed by atoms with Gasteiger partial charge < -0.3 is 19.8 Å². The summed E-state index contributed by atoms with van der Waals surface area (Å²) >= 11 is 0. The summed E-state index contributed by atoms with van der Waals surface area (Å²) in [6.07, 6.45) is 3.54. The van der Waals surface area contributed by atoms with Crippen LogP contribution in [-0.4, -0.2) is 44.0 Å². The predicted octanol–water partition coefficient (Wildman–Crippen LogP) is 2.10. The second kappa shape index (κ2) is 7.36. The molecule has 27 heavy (non-hydrogen) atoms. The van der Waals surface area contributed by atoms with Gasteiger partial charge in [-0.1, -0.05) is 11.6 Å². The molecule has 3 aromatic rings. The van der Waals surface area contributed by atoms with Crippen molar-refractivity contribution in [2.24, 2.45) is 0 Å². The van der Waals surface area contributed by atoms with Crippen molar-refractivity contribution in [1.82, 2.24) is 25.0 Å². The number of carbonyl (C=O) groups excluding carboxylic acids is 1. The number of hydrogen-bond acceptors (Lipinski definition) is 6.